The third kappa shape index (κ3) is 4.10. The van der Waals surface area contributed by atoms with Gasteiger partial charge in [-0.3, -0.25) is 0 Å². The topological polar surface area (TPSA) is 28.2 Å². The predicted molar refractivity (Wildman–Crippen MR) is 87.6 cm³/mol. The molecule has 0 aliphatic carbocycles. The molecule has 1 aliphatic heterocycles. The minimum absolute atomic E-state index is 0.423. The lowest BCUT2D eigenvalue weighted by Gasteiger charge is -2.31. The molecule has 0 spiro atoms. The van der Waals surface area contributed by atoms with Gasteiger partial charge in [0.1, 0.15) is 0 Å². The maximum Gasteiger partial charge on any atom is 0.185 e. The van der Waals surface area contributed by atoms with Gasteiger partial charge in [0.15, 0.2) is 5.13 Å². The van der Waals surface area contributed by atoms with E-state index >= 15 is 0 Å². The highest BCUT2D eigenvalue weighted by molar-refractivity contribution is 8.00. The zero-order chi connectivity index (χ0) is 13.7. The Labute approximate surface area is 125 Å². The molecule has 2 heterocycles. The highest BCUT2D eigenvalue weighted by Gasteiger charge is 2.21. The fraction of sp³-hybridized carbons (Fsp3) is 0.786. The van der Waals surface area contributed by atoms with Gasteiger partial charge in [0.25, 0.3) is 0 Å². The van der Waals surface area contributed by atoms with E-state index in [9.17, 15) is 0 Å². The van der Waals surface area contributed by atoms with Crippen molar-refractivity contribution < 1.29 is 0 Å². The summed E-state index contributed by atoms with van der Waals surface area (Å²) in [5.41, 5.74) is 0. The molecule has 1 aromatic heterocycles. The Kier molecular flexibility index (Phi) is 5.98. The largest absolute Gasteiger partial charge is 0.346 e. The van der Waals surface area contributed by atoms with E-state index in [0.29, 0.717) is 6.04 Å². The van der Waals surface area contributed by atoms with Gasteiger partial charge in [-0.25, -0.2) is 4.98 Å². The lowest BCUT2D eigenvalue weighted by molar-refractivity contribution is 0.577. The average molecular weight is 300 g/mol. The molecule has 1 saturated heterocycles. The lowest BCUT2D eigenvalue weighted by Crippen LogP contribution is -2.37. The van der Waals surface area contributed by atoms with Crippen LogP contribution in [-0.4, -0.2) is 35.6 Å². The lowest BCUT2D eigenvalue weighted by atomic mass is 10.3. The van der Waals surface area contributed by atoms with Crippen molar-refractivity contribution in [2.45, 2.75) is 44.9 Å². The van der Waals surface area contributed by atoms with Gasteiger partial charge in [-0.05, 0) is 26.3 Å². The minimum Gasteiger partial charge on any atom is -0.346 e. The zero-order valence-corrected chi connectivity index (χ0v) is 13.8. The molecule has 5 heteroatoms. The molecule has 1 aromatic rings. The number of rotatable bonds is 6. The minimum atomic E-state index is 0.423. The quantitative estimate of drug-likeness (QED) is 0.870. The summed E-state index contributed by atoms with van der Waals surface area (Å²) in [6.45, 7) is 10.1. The van der Waals surface area contributed by atoms with Gasteiger partial charge in [-0.15, -0.1) is 11.3 Å². The van der Waals surface area contributed by atoms with Gasteiger partial charge in [-0.2, -0.15) is 11.8 Å². The molecule has 1 aliphatic rings. The van der Waals surface area contributed by atoms with E-state index in [-0.39, 0.29) is 0 Å². The zero-order valence-electron chi connectivity index (χ0n) is 12.2. The summed E-state index contributed by atoms with van der Waals surface area (Å²) in [5.74, 6) is 1.23. The molecule has 0 bridgehead atoms. The maximum atomic E-state index is 4.63. The second-order valence-corrected chi connectivity index (χ2v) is 7.52. The van der Waals surface area contributed by atoms with Crippen LogP contribution in [0.4, 0.5) is 5.13 Å². The summed E-state index contributed by atoms with van der Waals surface area (Å²) in [5, 5.41) is 5.51. The molecule has 108 valence electrons. The highest BCUT2D eigenvalue weighted by Crippen LogP contribution is 2.31. The van der Waals surface area contributed by atoms with Crippen molar-refractivity contribution in [1.29, 1.82) is 0 Å². The average Bonchev–Trinajstić information content (AvgIpc) is 2.94. The fourth-order valence-corrected chi connectivity index (χ4v) is 4.38. The Morgan fingerprint density at radius 1 is 1.53 bits per heavy atom. The number of aromatic nitrogens is 1. The smallest absolute Gasteiger partial charge is 0.185 e. The fourth-order valence-electron chi connectivity index (χ4n) is 2.22. The van der Waals surface area contributed by atoms with Crippen molar-refractivity contribution in [2.24, 2.45) is 0 Å². The van der Waals surface area contributed by atoms with Gasteiger partial charge < -0.3 is 10.2 Å². The summed E-state index contributed by atoms with van der Waals surface area (Å²) in [4.78, 5) is 8.45. The Morgan fingerprint density at radius 2 is 2.37 bits per heavy atom. The Bertz CT molecular complexity index is 381. The molecule has 3 nitrogen and oxygen atoms in total. The van der Waals surface area contributed by atoms with Gasteiger partial charge in [0.05, 0.1) is 0 Å². The molecule has 19 heavy (non-hydrogen) atoms. The van der Waals surface area contributed by atoms with Crippen LogP contribution in [0.25, 0.3) is 0 Å². The first-order valence-electron chi connectivity index (χ1n) is 7.30. The molecule has 2 rings (SSSR count). The molecule has 2 unspecified atom stereocenters. The standard InChI is InChI=1S/C14H25N3S2/c1-4-6-15-11(3)13-9-16-14(19-13)17-7-8-18-12(5-2)10-17/h9,11-12,15H,4-8,10H2,1-3H3. The third-order valence-corrected chi connectivity index (χ3v) is 6.12. The molecule has 1 N–H and O–H groups in total. The first kappa shape index (κ1) is 15.1. The Hall–Kier alpha value is -0.260. The van der Waals surface area contributed by atoms with Crippen LogP contribution in [0.15, 0.2) is 6.20 Å². The third-order valence-electron chi connectivity index (χ3n) is 3.50. The highest BCUT2D eigenvalue weighted by atomic mass is 32.2. The second kappa shape index (κ2) is 7.50. The Morgan fingerprint density at radius 3 is 3.11 bits per heavy atom. The number of thioether (sulfide) groups is 1. The van der Waals surface area contributed by atoms with E-state index in [1.165, 1.54) is 28.6 Å². The van der Waals surface area contributed by atoms with E-state index in [4.69, 9.17) is 0 Å². The predicted octanol–water partition coefficient (Wildman–Crippen LogP) is 3.54. The van der Waals surface area contributed by atoms with Gasteiger partial charge in [-0.1, -0.05) is 13.8 Å². The second-order valence-electron chi connectivity index (χ2n) is 5.07. The summed E-state index contributed by atoms with van der Waals surface area (Å²) in [6.07, 6.45) is 4.49. The molecule has 0 saturated carbocycles. The summed E-state index contributed by atoms with van der Waals surface area (Å²) in [6, 6.07) is 0.423. The van der Waals surface area contributed by atoms with Gasteiger partial charge in [0, 0.05) is 41.2 Å². The monoisotopic (exact) mass is 299 g/mol. The van der Waals surface area contributed by atoms with E-state index in [1.807, 2.05) is 11.3 Å². The molecule has 0 amide bonds. The van der Waals surface area contributed by atoms with E-state index in [2.05, 4.69) is 53.9 Å². The maximum absolute atomic E-state index is 4.63. The van der Waals surface area contributed by atoms with Crippen molar-refractivity contribution >= 4 is 28.2 Å². The SMILES string of the molecule is CCCNC(C)c1cnc(N2CCSC(CC)C2)s1. The van der Waals surface area contributed by atoms with Crippen molar-refractivity contribution in [2.75, 3.05) is 30.3 Å². The van der Waals surface area contributed by atoms with E-state index in [0.717, 1.165) is 24.9 Å². The van der Waals surface area contributed by atoms with Gasteiger partial charge >= 0.3 is 0 Å². The Balaban J connectivity index is 1.96. The first-order chi connectivity index (χ1) is 9.24. The molecule has 0 radical (unpaired) electrons. The molecular weight excluding hydrogens is 274 g/mol. The van der Waals surface area contributed by atoms with Crippen LogP contribution in [0.1, 0.15) is 44.5 Å². The number of hydrogen-bond donors (Lipinski definition) is 1. The van der Waals surface area contributed by atoms with Crippen LogP contribution in [0, 0.1) is 0 Å². The molecule has 2 atom stereocenters. The molecule has 1 fully saturated rings. The summed E-state index contributed by atoms with van der Waals surface area (Å²) in [7, 11) is 0. The van der Waals surface area contributed by atoms with E-state index in [1.54, 1.807) is 0 Å². The van der Waals surface area contributed by atoms with Crippen molar-refractivity contribution in [3.05, 3.63) is 11.1 Å². The van der Waals surface area contributed by atoms with Crippen LogP contribution in [0.5, 0.6) is 0 Å². The first-order valence-corrected chi connectivity index (χ1v) is 9.16. The summed E-state index contributed by atoms with van der Waals surface area (Å²) < 4.78 is 0. The van der Waals surface area contributed by atoms with Crippen LogP contribution < -0.4 is 10.2 Å². The summed E-state index contributed by atoms with van der Waals surface area (Å²) >= 11 is 3.96. The molecular formula is C14H25N3S2. The van der Waals surface area contributed by atoms with Crippen molar-refractivity contribution in [3.8, 4) is 0 Å². The van der Waals surface area contributed by atoms with Crippen LogP contribution in [0.2, 0.25) is 0 Å². The van der Waals surface area contributed by atoms with Gasteiger partial charge in [0.2, 0.25) is 0 Å². The van der Waals surface area contributed by atoms with Crippen molar-refractivity contribution in [1.82, 2.24) is 10.3 Å². The number of hydrogen-bond acceptors (Lipinski definition) is 5. The van der Waals surface area contributed by atoms with Crippen LogP contribution >= 0.6 is 23.1 Å². The number of nitrogens with one attached hydrogen (secondary N) is 1. The van der Waals surface area contributed by atoms with Crippen LogP contribution in [-0.2, 0) is 0 Å². The van der Waals surface area contributed by atoms with Crippen molar-refractivity contribution in [3.63, 3.8) is 0 Å². The number of nitrogens with zero attached hydrogens (tertiary/aromatic N) is 2. The number of anilines is 1. The van der Waals surface area contributed by atoms with Crippen LogP contribution in [0.3, 0.4) is 0 Å². The van der Waals surface area contributed by atoms with E-state index < -0.39 is 0 Å². The number of thiazole rings is 1. The molecule has 0 aromatic carbocycles. The normalized spacial score (nSPS) is 21.6.